The van der Waals surface area contributed by atoms with Crippen LogP contribution in [0.4, 0.5) is 4.39 Å². The highest BCUT2D eigenvalue weighted by Crippen LogP contribution is 2.33. The Labute approximate surface area is 259 Å². The minimum absolute atomic E-state index is 0.0389. The summed E-state index contributed by atoms with van der Waals surface area (Å²) in [5.41, 5.74) is 6.99. The summed E-state index contributed by atoms with van der Waals surface area (Å²) < 4.78 is 40.2. The first-order valence-corrected chi connectivity index (χ1v) is 16.8. The number of rotatable bonds is 10. The number of aromatic nitrogens is 7. The fraction of sp³-hybridized carbons (Fsp3) is 0.281. The van der Waals surface area contributed by atoms with Crippen molar-refractivity contribution in [2.75, 3.05) is 12.8 Å². The highest BCUT2D eigenvalue weighted by atomic mass is 32.2. The smallest absolute Gasteiger partial charge is 0.209 e. The zero-order valence-corrected chi connectivity index (χ0v) is 25.5. The fourth-order valence-corrected chi connectivity index (χ4v) is 6.43. The number of nitrogens with one attached hydrogen (secondary N) is 4. The van der Waals surface area contributed by atoms with Crippen LogP contribution in [0.5, 0.6) is 0 Å². The maximum absolute atomic E-state index is 14.6. The van der Waals surface area contributed by atoms with Gasteiger partial charge in [-0.2, -0.15) is 5.10 Å². The van der Waals surface area contributed by atoms with Crippen molar-refractivity contribution >= 4 is 32.1 Å². The van der Waals surface area contributed by atoms with Gasteiger partial charge in [0.05, 0.1) is 28.9 Å². The van der Waals surface area contributed by atoms with Crippen LogP contribution in [0.3, 0.4) is 0 Å². The lowest BCUT2D eigenvalue weighted by Gasteiger charge is -2.11. The molecule has 230 valence electrons. The maximum atomic E-state index is 14.6. The van der Waals surface area contributed by atoms with Gasteiger partial charge >= 0.3 is 0 Å². The Morgan fingerprint density at radius 1 is 0.911 bits per heavy atom. The van der Waals surface area contributed by atoms with E-state index in [9.17, 15) is 12.8 Å². The summed E-state index contributed by atoms with van der Waals surface area (Å²) in [6, 6.07) is 8.55. The van der Waals surface area contributed by atoms with Gasteiger partial charge < -0.3 is 10.3 Å². The first kappa shape index (κ1) is 29.1. The Kier molecular flexibility index (Phi) is 7.81. The third-order valence-corrected chi connectivity index (χ3v) is 8.88. The molecule has 4 N–H and O–H groups in total. The number of sulfonamides is 1. The minimum Gasteiger partial charge on any atom is -0.335 e. The van der Waals surface area contributed by atoms with Crippen LogP contribution in [0.2, 0.25) is 0 Å². The number of imidazole rings is 1. The molecule has 6 aromatic rings. The van der Waals surface area contributed by atoms with Gasteiger partial charge in [-0.05, 0) is 72.3 Å². The standard InChI is InChI=1S/C32H32FN9O2S/c1-45(43,44)38-14-20-6-22(9-25(33)8-20)27-17-36-18-28-29(27)40-32(39-28)30-26-10-24(16-37-31(26)42-41-30)23-7-21(13-35-15-23)12-34-11-19-4-2-3-5-19/h6-10,13,15-19,34,38H,2-5,11-12,14H2,1H3,(H,39,40)(H,37,41,42). The van der Waals surface area contributed by atoms with Gasteiger partial charge in [0.15, 0.2) is 11.5 Å². The predicted octanol–water partition coefficient (Wildman–Crippen LogP) is 5.09. The molecule has 0 amide bonds. The molecule has 0 radical (unpaired) electrons. The van der Waals surface area contributed by atoms with Gasteiger partial charge in [-0.25, -0.2) is 27.5 Å². The molecular weight excluding hydrogens is 593 g/mol. The molecule has 1 aliphatic rings. The molecule has 45 heavy (non-hydrogen) atoms. The molecule has 0 saturated heterocycles. The van der Waals surface area contributed by atoms with Crippen LogP contribution in [-0.2, 0) is 23.1 Å². The van der Waals surface area contributed by atoms with E-state index in [4.69, 9.17) is 4.98 Å². The van der Waals surface area contributed by atoms with E-state index in [0.29, 0.717) is 44.9 Å². The van der Waals surface area contributed by atoms with Gasteiger partial charge in [0.2, 0.25) is 10.0 Å². The van der Waals surface area contributed by atoms with E-state index in [0.717, 1.165) is 47.3 Å². The number of hydrogen-bond acceptors (Lipinski definition) is 8. The zero-order chi connectivity index (χ0) is 31.0. The molecule has 1 aliphatic carbocycles. The number of aromatic amines is 2. The van der Waals surface area contributed by atoms with Gasteiger partial charge in [0.25, 0.3) is 0 Å². The van der Waals surface area contributed by atoms with Crippen molar-refractivity contribution in [3.8, 4) is 33.8 Å². The molecular formula is C32H32FN9O2S. The second kappa shape index (κ2) is 12.1. The van der Waals surface area contributed by atoms with E-state index in [1.165, 1.54) is 37.8 Å². The molecule has 0 atom stereocenters. The number of pyridine rings is 3. The predicted molar refractivity (Wildman–Crippen MR) is 171 cm³/mol. The summed E-state index contributed by atoms with van der Waals surface area (Å²) in [5, 5.41) is 11.9. The van der Waals surface area contributed by atoms with Crippen molar-refractivity contribution in [1.82, 2.24) is 45.2 Å². The van der Waals surface area contributed by atoms with Crippen molar-refractivity contribution in [2.45, 2.75) is 38.8 Å². The fourth-order valence-electron chi connectivity index (χ4n) is 6.00. The summed E-state index contributed by atoms with van der Waals surface area (Å²) >= 11 is 0. The van der Waals surface area contributed by atoms with Crippen LogP contribution >= 0.6 is 0 Å². The molecule has 1 saturated carbocycles. The largest absolute Gasteiger partial charge is 0.335 e. The minimum atomic E-state index is -3.44. The molecule has 5 aromatic heterocycles. The maximum Gasteiger partial charge on any atom is 0.209 e. The Bertz CT molecular complexity index is 2120. The SMILES string of the molecule is CS(=O)(=O)NCc1cc(F)cc(-c2cncc3[nH]c(-c4n[nH]c5ncc(-c6cncc(CNCC7CCCC7)c6)cc45)nc23)c1. The van der Waals surface area contributed by atoms with E-state index in [1.54, 1.807) is 24.7 Å². The highest BCUT2D eigenvalue weighted by Gasteiger charge is 2.18. The topological polar surface area (TPSA) is 154 Å². The van der Waals surface area contributed by atoms with Crippen LogP contribution in [0, 0.1) is 11.7 Å². The number of fused-ring (bicyclic) bond motifs is 2. The Hall–Kier alpha value is -4.59. The van der Waals surface area contributed by atoms with Crippen molar-refractivity contribution in [1.29, 1.82) is 0 Å². The average molecular weight is 626 g/mol. The molecule has 11 nitrogen and oxygen atoms in total. The number of H-pyrrole nitrogens is 2. The van der Waals surface area contributed by atoms with Crippen molar-refractivity contribution < 1.29 is 12.8 Å². The van der Waals surface area contributed by atoms with Crippen LogP contribution in [0.25, 0.3) is 55.8 Å². The van der Waals surface area contributed by atoms with Crippen LogP contribution in [0.1, 0.15) is 36.8 Å². The lowest BCUT2D eigenvalue weighted by molar-refractivity contribution is 0.489. The van der Waals surface area contributed by atoms with Crippen molar-refractivity contribution in [2.24, 2.45) is 5.92 Å². The molecule has 0 bridgehead atoms. The first-order valence-electron chi connectivity index (χ1n) is 14.9. The number of nitrogens with zero attached hydrogens (tertiary/aromatic N) is 5. The normalized spacial score (nSPS) is 14.2. The summed E-state index contributed by atoms with van der Waals surface area (Å²) in [4.78, 5) is 21.6. The Morgan fingerprint density at radius 2 is 1.71 bits per heavy atom. The first-order chi connectivity index (χ1) is 21.8. The molecule has 0 spiro atoms. The summed E-state index contributed by atoms with van der Waals surface area (Å²) in [6.45, 7) is 1.76. The van der Waals surface area contributed by atoms with Gasteiger partial charge in [-0.15, -0.1) is 0 Å². The second-order valence-electron chi connectivity index (χ2n) is 11.7. The Morgan fingerprint density at radius 3 is 2.56 bits per heavy atom. The number of hydrogen-bond donors (Lipinski definition) is 4. The molecule has 5 heterocycles. The summed E-state index contributed by atoms with van der Waals surface area (Å²) in [6.07, 6.45) is 15.1. The lowest BCUT2D eigenvalue weighted by atomic mass is 10.0. The van der Waals surface area contributed by atoms with Crippen molar-refractivity contribution in [3.63, 3.8) is 0 Å². The monoisotopic (exact) mass is 625 g/mol. The average Bonchev–Trinajstić information content (AvgIpc) is 3.79. The molecule has 0 aliphatic heterocycles. The van der Waals surface area contributed by atoms with Crippen LogP contribution in [0.15, 0.2) is 61.3 Å². The van der Waals surface area contributed by atoms with Gasteiger partial charge in [0.1, 0.15) is 11.5 Å². The summed E-state index contributed by atoms with van der Waals surface area (Å²) in [7, 11) is -3.44. The Balaban J connectivity index is 1.19. The van der Waals surface area contributed by atoms with Gasteiger partial charge in [-0.1, -0.05) is 12.8 Å². The summed E-state index contributed by atoms with van der Waals surface area (Å²) in [5.74, 6) is 0.779. The van der Waals surface area contributed by atoms with E-state index in [1.807, 2.05) is 18.5 Å². The molecule has 7 rings (SSSR count). The van der Waals surface area contributed by atoms with E-state index < -0.39 is 15.8 Å². The van der Waals surface area contributed by atoms with Crippen LogP contribution < -0.4 is 10.0 Å². The van der Waals surface area contributed by atoms with E-state index >= 15 is 0 Å². The molecule has 0 unspecified atom stereocenters. The number of halogens is 1. The molecule has 1 aromatic carbocycles. The van der Waals surface area contributed by atoms with Crippen LogP contribution in [-0.4, -0.2) is 56.3 Å². The lowest BCUT2D eigenvalue weighted by Crippen LogP contribution is -2.21. The quantitative estimate of drug-likeness (QED) is 0.164. The van der Waals surface area contributed by atoms with Gasteiger partial charge in [-0.3, -0.25) is 15.1 Å². The van der Waals surface area contributed by atoms with Gasteiger partial charge in [0, 0.05) is 54.6 Å². The van der Waals surface area contributed by atoms with E-state index in [2.05, 4.69) is 46.2 Å². The highest BCUT2D eigenvalue weighted by molar-refractivity contribution is 7.88. The number of benzene rings is 1. The third-order valence-electron chi connectivity index (χ3n) is 8.21. The molecule has 1 fully saturated rings. The second-order valence-corrected chi connectivity index (χ2v) is 13.5. The third kappa shape index (κ3) is 6.46. The molecule has 13 heteroatoms. The zero-order valence-electron chi connectivity index (χ0n) is 24.6. The van der Waals surface area contributed by atoms with E-state index in [-0.39, 0.29) is 6.54 Å². The van der Waals surface area contributed by atoms with Crippen molar-refractivity contribution in [3.05, 3.63) is 78.3 Å².